The largest absolute Gasteiger partial charge is 0.411 e. The molecule has 4 rings (SSSR count). The number of hydrogen-bond donors (Lipinski definition) is 0. The van der Waals surface area contributed by atoms with Crippen LogP contribution < -0.4 is 0 Å². The average Bonchev–Trinajstić information content (AvgIpc) is 3.25. The molecule has 5 atom stereocenters. The monoisotopic (exact) mass is 489 g/mol. The number of ether oxygens (including phenoxy) is 1. The molecular formula is C22H28F5N5O2. The Morgan fingerprint density at radius 3 is 2.68 bits per heavy atom. The Bertz CT molecular complexity index is 929. The Balaban J connectivity index is 1.52. The zero-order chi connectivity index (χ0) is 24.8. The Morgan fingerprint density at radius 1 is 1.26 bits per heavy atom. The van der Waals surface area contributed by atoms with Gasteiger partial charge in [-0.3, -0.25) is 19.8 Å². The first kappa shape index (κ1) is 24.7. The van der Waals surface area contributed by atoms with Crippen LogP contribution in [0.4, 0.5) is 22.0 Å². The lowest BCUT2D eigenvalue weighted by atomic mass is 9.80. The molecule has 0 N–H and O–H groups in total. The molecule has 1 fully saturated rings. The fourth-order valence-corrected chi connectivity index (χ4v) is 5.22. The highest BCUT2D eigenvalue weighted by Crippen LogP contribution is 2.42. The fraction of sp³-hybridized carbons (Fsp3) is 0.727. The molecule has 0 radical (unpaired) electrons. The highest BCUT2D eigenvalue weighted by atomic mass is 19.4. The van der Waals surface area contributed by atoms with Gasteiger partial charge in [0.25, 0.3) is 6.43 Å². The molecule has 12 heteroatoms. The molecule has 1 saturated heterocycles. The first-order chi connectivity index (χ1) is 15.9. The quantitative estimate of drug-likeness (QED) is 0.539. The second kappa shape index (κ2) is 9.01. The molecule has 0 spiro atoms. The highest BCUT2D eigenvalue weighted by molar-refractivity contribution is 6.17. The van der Waals surface area contributed by atoms with Crippen LogP contribution in [0.25, 0.3) is 0 Å². The van der Waals surface area contributed by atoms with Crippen LogP contribution in [0.3, 0.4) is 0 Å². The number of amides is 1. The van der Waals surface area contributed by atoms with E-state index < -0.39 is 49.4 Å². The van der Waals surface area contributed by atoms with Gasteiger partial charge in [0, 0.05) is 24.0 Å². The maximum Gasteiger partial charge on any atom is 0.411 e. The third-order valence-electron chi connectivity index (χ3n) is 6.69. The lowest BCUT2D eigenvalue weighted by Crippen LogP contribution is -2.52. The van der Waals surface area contributed by atoms with Gasteiger partial charge >= 0.3 is 6.18 Å². The molecule has 0 saturated carbocycles. The average molecular weight is 489 g/mol. The zero-order valence-electron chi connectivity index (χ0n) is 19.2. The van der Waals surface area contributed by atoms with Gasteiger partial charge in [-0.05, 0) is 26.2 Å². The molecule has 0 aromatic carbocycles. The Labute approximate surface area is 194 Å². The molecule has 34 heavy (non-hydrogen) atoms. The lowest BCUT2D eigenvalue weighted by Gasteiger charge is -2.36. The number of carbonyl (C=O) groups is 1. The van der Waals surface area contributed by atoms with Crippen molar-refractivity contribution in [3.63, 3.8) is 0 Å². The molecular weight excluding hydrogens is 461 g/mol. The summed E-state index contributed by atoms with van der Waals surface area (Å²) in [6.07, 6.45) is -2.21. The summed E-state index contributed by atoms with van der Waals surface area (Å²) in [4.78, 5) is 24.1. The molecule has 4 aliphatic heterocycles. The number of hydrazone groups is 1. The van der Waals surface area contributed by atoms with Gasteiger partial charge in [0.15, 0.2) is 0 Å². The molecule has 5 unspecified atom stereocenters. The van der Waals surface area contributed by atoms with E-state index in [-0.39, 0.29) is 30.8 Å². The predicted molar refractivity (Wildman–Crippen MR) is 116 cm³/mol. The van der Waals surface area contributed by atoms with Crippen LogP contribution in [-0.2, 0) is 9.53 Å². The summed E-state index contributed by atoms with van der Waals surface area (Å²) >= 11 is 0. The van der Waals surface area contributed by atoms with Crippen LogP contribution in [0.2, 0.25) is 0 Å². The standard InChI is InChI=1S/C22H28F5N5O2/c1-12-4-16(13-5-15(8-28-6-13)34-11-22(25,26)27)30-19-18(12)20(33)32(21(19,2)3)14-7-29-31(9-14)10-17(23)24/h4,6-7,12-15,17-18H,5,8-11H2,1-3H3. The fourth-order valence-electron chi connectivity index (χ4n) is 5.22. The van der Waals surface area contributed by atoms with Gasteiger partial charge in [0.1, 0.15) is 6.61 Å². The molecule has 1 amide bonds. The van der Waals surface area contributed by atoms with Crippen molar-refractivity contribution in [2.24, 2.45) is 32.8 Å². The number of rotatable bonds is 6. The molecule has 7 nitrogen and oxygen atoms in total. The van der Waals surface area contributed by atoms with Gasteiger partial charge in [0.05, 0.1) is 48.9 Å². The van der Waals surface area contributed by atoms with Crippen molar-refractivity contribution in [2.75, 3.05) is 26.2 Å². The normalized spacial score (nSPS) is 33.0. The lowest BCUT2D eigenvalue weighted by molar-refractivity contribution is -0.185. The van der Waals surface area contributed by atoms with Crippen LogP contribution in [0.15, 0.2) is 26.9 Å². The minimum atomic E-state index is -4.41. The van der Waals surface area contributed by atoms with E-state index in [9.17, 15) is 26.7 Å². The van der Waals surface area contributed by atoms with E-state index in [1.807, 2.05) is 26.8 Å². The van der Waals surface area contributed by atoms with Gasteiger partial charge in [-0.25, -0.2) is 8.78 Å². The second-order valence-electron chi connectivity index (χ2n) is 9.69. The summed E-state index contributed by atoms with van der Waals surface area (Å²) in [6, 6.07) is -0.457. The molecule has 188 valence electrons. The minimum absolute atomic E-state index is 0.134. The second-order valence-corrected chi connectivity index (χ2v) is 9.69. The summed E-state index contributed by atoms with van der Waals surface area (Å²) in [6.45, 7) is 4.15. The maximum atomic E-state index is 13.4. The summed E-state index contributed by atoms with van der Waals surface area (Å²) in [7, 11) is 0. The van der Waals surface area contributed by atoms with E-state index in [0.717, 1.165) is 0 Å². The summed E-state index contributed by atoms with van der Waals surface area (Å²) < 4.78 is 68.2. The number of halogens is 5. The summed E-state index contributed by atoms with van der Waals surface area (Å²) in [5, 5.41) is 5.30. The third-order valence-corrected chi connectivity index (χ3v) is 6.69. The van der Waals surface area contributed by atoms with E-state index >= 15 is 0 Å². The highest BCUT2D eigenvalue weighted by Gasteiger charge is 2.56. The molecule has 4 heterocycles. The molecule has 0 aliphatic carbocycles. The van der Waals surface area contributed by atoms with Crippen molar-refractivity contribution in [2.45, 2.75) is 57.5 Å². The van der Waals surface area contributed by atoms with Crippen molar-refractivity contribution in [1.29, 1.82) is 0 Å². The van der Waals surface area contributed by atoms with E-state index in [1.54, 1.807) is 11.1 Å². The third kappa shape index (κ3) is 4.87. The molecule has 4 aliphatic rings. The van der Waals surface area contributed by atoms with Gasteiger partial charge < -0.3 is 9.64 Å². The molecule has 0 aromatic rings. The van der Waals surface area contributed by atoms with Gasteiger partial charge in [-0.15, -0.1) is 0 Å². The number of fused-ring (bicyclic) bond motifs is 1. The van der Waals surface area contributed by atoms with Crippen LogP contribution in [-0.4, -0.2) is 90.5 Å². The Morgan fingerprint density at radius 2 is 2.00 bits per heavy atom. The Kier molecular flexibility index (Phi) is 6.56. The van der Waals surface area contributed by atoms with E-state index in [4.69, 9.17) is 9.73 Å². The summed E-state index contributed by atoms with van der Waals surface area (Å²) in [5.74, 6) is -1.14. The number of aliphatic imine (C=N–C) groups is 2. The first-order valence-electron chi connectivity index (χ1n) is 11.3. The first-order valence-corrected chi connectivity index (χ1v) is 11.3. The Hall–Kier alpha value is -2.37. The molecule has 0 aromatic heterocycles. The smallest absolute Gasteiger partial charge is 0.367 e. The van der Waals surface area contributed by atoms with Crippen LogP contribution >= 0.6 is 0 Å². The van der Waals surface area contributed by atoms with Crippen molar-refractivity contribution < 1.29 is 31.5 Å². The van der Waals surface area contributed by atoms with Crippen molar-refractivity contribution >= 4 is 24.0 Å². The maximum absolute atomic E-state index is 13.4. The SMILES string of the molecule is CC1C=C(C2C=NCC(OCC(F)(F)F)C2)N=C2C1C(=O)N(C1C=NN(CC(F)F)C1)C2(C)C. The van der Waals surface area contributed by atoms with Crippen LogP contribution in [0.1, 0.15) is 27.2 Å². The summed E-state index contributed by atoms with van der Waals surface area (Å²) in [5.41, 5.74) is 0.533. The number of hydrogen-bond acceptors (Lipinski definition) is 6. The molecule has 0 bridgehead atoms. The topological polar surface area (TPSA) is 69.9 Å². The number of allylic oxidation sites excluding steroid dienone is 2. The van der Waals surface area contributed by atoms with Crippen molar-refractivity contribution in [3.05, 3.63) is 11.8 Å². The minimum Gasteiger partial charge on any atom is -0.367 e. The van der Waals surface area contributed by atoms with Gasteiger partial charge in [-0.2, -0.15) is 18.3 Å². The zero-order valence-corrected chi connectivity index (χ0v) is 19.2. The number of carbonyl (C=O) groups excluding carboxylic acids is 1. The predicted octanol–water partition coefficient (Wildman–Crippen LogP) is 3.17. The van der Waals surface area contributed by atoms with E-state index in [0.29, 0.717) is 17.8 Å². The van der Waals surface area contributed by atoms with Crippen LogP contribution in [0, 0.1) is 17.8 Å². The van der Waals surface area contributed by atoms with Gasteiger partial charge in [-0.1, -0.05) is 13.0 Å². The number of alkyl halides is 5. The van der Waals surface area contributed by atoms with Gasteiger partial charge in [0.2, 0.25) is 5.91 Å². The van der Waals surface area contributed by atoms with Crippen LogP contribution in [0.5, 0.6) is 0 Å². The van der Waals surface area contributed by atoms with Crippen molar-refractivity contribution in [1.82, 2.24) is 9.91 Å². The number of likely N-dealkylation sites (tertiary alicyclic amines) is 1. The van der Waals surface area contributed by atoms with E-state index in [1.165, 1.54) is 11.2 Å². The number of nitrogens with zero attached hydrogens (tertiary/aromatic N) is 5. The van der Waals surface area contributed by atoms with E-state index in [2.05, 4.69) is 10.1 Å². The van der Waals surface area contributed by atoms with Crippen molar-refractivity contribution in [3.8, 4) is 0 Å².